The van der Waals surface area contributed by atoms with Gasteiger partial charge in [-0.15, -0.1) is 0 Å². The summed E-state index contributed by atoms with van der Waals surface area (Å²) >= 11 is 0. The molecule has 0 bridgehead atoms. The van der Waals surface area contributed by atoms with Crippen LogP contribution in [-0.2, 0) is 14.3 Å². The Hall–Kier alpha value is -3.69. The van der Waals surface area contributed by atoms with Crippen LogP contribution in [0.3, 0.4) is 0 Å². The van der Waals surface area contributed by atoms with Gasteiger partial charge in [0.25, 0.3) is 11.7 Å². The predicted molar refractivity (Wildman–Crippen MR) is 129 cm³/mol. The molecule has 1 N–H and O–H groups in total. The number of carbonyl (C=O) groups excluding carboxylic acids is 2. The highest BCUT2D eigenvalue weighted by Crippen LogP contribution is 2.40. The minimum atomic E-state index is -0.750. The highest BCUT2D eigenvalue weighted by atomic mass is 16.5. The number of aromatic nitrogens is 2. The van der Waals surface area contributed by atoms with Crippen molar-refractivity contribution in [3.8, 4) is 5.75 Å². The molecule has 2 fully saturated rings. The van der Waals surface area contributed by atoms with E-state index >= 15 is 0 Å². The Morgan fingerprint density at radius 1 is 1.14 bits per heavy atom. The van der Waals surface area contributed by atoms with Crippen LogP contribution in [0.15, 0.2) is 54.2 Å². The van der Waals surface area contributed by atoms with Crippen LogP contribution in [0.5, 0.6) is 5.75 Å². The number of ketones is 1. The Morgan fingerprint density at radius 2 is 1.94 bits per heavy atom. The lowest BCUT2D eigenvalue weighted by atomic mass is 9.96. The van der Waals surface area contributed by atoms with Crippen molar-refractivity contribution < 1.29 is 24.2 Å². The number of likely N-dealkylation sites (tertiary alicyclic amines) is 1. The van der Waals surface area contributed by atoms with Gasteiger partial charge in [-0.3, -0.25) is 18.9 Å². The number of pyridine rings is 1. The molecule has 1 atom stereocenters. The normalized spacial score (nSPS) is 20.6. The van der Waals surface area contributed by atoms with Gasteiger partial charge in [0.05, 0.1) is 37.6 Å². The molecule has 9 heteroatoms. The van der Waals surface area contributed by atoms with Crippen LogP contribution in [0.1, 0.15) is 23.0 Å². The number of methoxy groups -OCH3 is 1. The summed E-state index contributed by atoms with van der Waals surface area (Å²) in [6, 6.07) is 12.0. The molecule has 0 aliphatic carbocycles. The first-order valence-electron chi connectivity index (χ1n) is 11.7. The molecule has 1 amide bonds. The average molecular weight is 477 g/mol. The van der Waals surface area contributed by atoms with Crippen LogP contribution in [0.4, 0.5) is 0 Å². The van der Waals surface area contributed by atoms with Crippen LogP contribution in [0.25, 0.3) is 11.4 Å². The van der Waals surface area contributed by atoms with E-state index in [1.165, 1.54) is 0 Å². The van der Waals surface area contributed by atoms with Crippen molar-refractivity contribution >= 4 is 23.1 Å². The zero-order chi connectivity index (χ0) is 24.5. The predicted octanol–water partition coefficient (Wildman–Crippen LogP) is 2.41. The van der Waals surface area contributed by atoms with E-state index < -0.39 is 17.7 Å². The number of aliphatic hydroxyl groups excluding tert-OH is 1. The second kappa shape index (κ2) is 9.52. The summed E-state index contributed by atoms with van der Waals surface area (Å²) in [5.41, 5.74) is 2.36. The summed E-state index contributed by atoms with van der Waals surface area (Å²) < 4.78 is 12.6. The Bertz CT molecular complexity index is 1310. The lowest BCUT2D eigenvalue weighted by Gasteiger charge is -2.31. The molecule has 4 heterocycles. The van der Waals surface area contributed by atoms with E-state index in [-0.39, 0.29) is 11.3 Å². The fourth-order valence-electron chi connectivity index (χ4n) is 4.87. The lowest BCUT2D eigenvalue weighted by Crippen LogP contribution is -2.42. The molecule has 35 heavy (non-hydrogen) atoms. The van der Waals surface area contributed by atoms with E-state index in [0.717, 1.165) is 13.1 Å². The topological polar surface area (TPSA) is 96.6 Å². The number of fused-ring (bicyclic) bond motifs is 1. The van der Waals surface area contributed by atoms with E-state index in [1.807, 2.05) is 30.3 Å². The zero-order valence-electron chi connectivity index (χ0n) is 19.8. The third kappa shape index (κ3) is 4.17. The molecule has 5 rings (SSSR count). The van der Waals surface area contributed by atoms with Crippen molar-refractivity contribution in [3.05, 3.63) is 71.2 Å². The zero-order valence-corrected chi connectivity index (χ0v) is 19.8. The Labute approximate surface area is 203 Å². The van der Waals surface area contributed by atoms with Gasteiger partial charge in [0.1, 0.15) is 17.1 Å². The maximum Gasteiger partial charge on any atom is 0.295 e. The number of aryl methyl sites for hydroxylation is 1. The van der Waals surface area contributed by atoms with Crippen molar-refractivity contribution in [1.29, 1.82) is 0 Å². The van der Waals surface area contributed by atoms with Crippen LogP contribution in [-0.4, -0.2) is 82.5 Å². The Kier molecular flexibility index (Phi) is 6.27. The monoisotopic (exact) mass is 476 g/mol. The summed E-state index contributed by atoms with van der Waals surface area (Å²) in [5, 5.41) is 11.5. The average Bonchev–Trinajstić information content (AvgIpc) is 3.35. The minimum absolute atomic E-state index is 0.0546. The Balaban J connectivity index is 1.62. The number of morpholine rings is 1. The maximum atomic E-state index is 13.4. The molecule has 2 saturated heterocycles. The fourth-order valence-corrected chi connectivity index (χ4v) is 4.87. The number of imidazole rings is 1. The number of rotatable bonds is 6. The number of amides is 1. The first-order valence-corrected chi connectivity index (χ1v) is 11.7. The molecule has 2 aliphatic heterocycles. The number of carbonyl (C=O) groups is 2. The van der Waals surface area contributed by atoms with E-state index in [9.17, 15) is 14.7 Å². The highest BCUT2D eigenvalue weighted by molar-refractivity contribution is 6.46. The van der Waals surface area contributed by atoms with Crippen LogP contribution >= 0.6 is 0 Å². The molecule has 0 saturated carbocycles. The van der Waals surface area contributed by atoms with Crippen molar-refractivity contribution in [2.24, 2.45) is 0 Å². The van der Waals surface area contributed by atoms with Gasteiger partial charge in [0.15, 0.2) is 5.76 Å². The fraction of sp³-hybridized carbons (Fsp3) is 0.346. The molecule has 0 spiro atoms. The third-order valence-electron chi connectivity index (χ3n) is 6.64. The molecular weight excluding hydrogens is 448 g/mol. The Morgan fingerprint density at radius 3 is 2.71 bits per heavy atom. The summed E-state index contributed by atoms with van der Waals surface area (Å²) in [6.07, 6.45) is 1.78. The standard InChI is InChI=1S/C26H28N4O5/c1-17-22(29-9-4-3-8-20(29)27-17)24(31)21-23(18-6-5-7-19(16-18)34-2)30(26(33)25(21)32)11-10-28-12-14-35-15-13-28/h3-9,16,23,31H,10-15H2,1-2H3/t23-/m1/s1. The first-order chi connectivity index (χ1) is 17.0. The van der Waals surface area contributed by atoms with Gasteiger partial charge < -0.3 is 19.5 Å². The molecule has 0 radical (unpaired) electrons. The molecule has 2 aromatic heterocycles. The molecular formula is C26H28N4O5. The second-order valence-electron chi connectivity index (χ2n) is 8.70. The minimum Gasteiger partial charge on any atom is -0.505 e. The highest BCUT2D eigenvalue weighted by Gasteiger charge is 2.46. The number of ether oxygens (including phenoxy) is 2. The SMILES string of the molecule is COc1cccc([C@@H]2C(=C(O)c3c(C)nc4ccccn34)C(=O)C(=O)N2CCN2CCOCC2)c1. The third-order valence-corrected chi connectivity index (χ3v) is 6.64. The van der Waals surface area contributed by atoms with Crippen molar-refractivity contribution in [1.82, 2.24) is 19.2 Å². The van der Waals surface area contributed by atoms with Crippen LogP contribution in [0.2, 0.25) is 0 Å². The quantitative estimate of drug-likeness (QED) is 0.332. The molecule has 182 valence electrons. The van der Waals surface area contributed by atoms with Crippen LogP contribution < -0.4 is 4.74 Å². The second-order valence-corrected chi connectivity index (χ2v) is 8.70. The molecule has 0 unspecified atom stereocenters. The lowest BCUT2D eigenvalue weighted by molar-refractivity contribution is -0.140. The van der Waals surface area contributed by atoms with Crippen molar-refractivity contribution in [3.63, 3.8) is 0 Å². The summed E-state index contributed by atoms with van der Waals surface area (Å²) in [6.45, 7) is 5.55. The largest absolute Gasteiger partial charge is 0.505 e. The number of hydrogen-bond acceptors (Lipinski definition) is 7. The number of hydrogen-bond donors (Lipinski definition) is 1. The first kappa shape index (κ1) is 23.1. The van der Waals surface area contributed by atoms with Gasteiger partial charge in [-0.1, -0.05) is 18.2 Å². The molecule has 9 nitrogen and oxygen atoms in total. The van der Waals surface area contributed by atoms with E-state index in [2.05, 4.69) is 9.88 Å². The number of aliphatic hydroxyl groups is 1. The summed E-state index contributed by atoms with van der Waals surface area (Å²) in [5.74, 6) is -0.963. The van der Waals surface area contributed by atoms with E-state index in [1.54, 1.807) is 41.7 Å². The van der Waals surface area contributed by atoms with E-state index in [0.29, 0.717) is 54.7 Å². The van der Waals surface area contributed by atoms with Gasteiger partial charge in [0.2, 0.25) is 0 Å². The van der Waals surface area contributed by atoms with Gasteiger partial charge >= 0.3 is 0 Å². The van der Waals surface area contributed by atoms with Gasteiger partial charge in [-0.2, -0.15) is 0 Å². The maximum absolute atomic E-state index is 13.4. The summed E-state index contributed by atoms with van der Waals surface area (Å²) in [7, 11) is 1.57. The number of Topliss-reactive ketones (excluding diaryl/α,β-unsaturated/α-hetero) is 1. The van der Waals surface area contributed by atoms with Crippen LogP contribution in [0, 0.1) is 6.92 Å². The molecule has 2 aliphatic rings. The van der Waals surface area contributed by atoms with E-state index in [4.69, 9.17) is 9.47 Å². The van der Waals surface area contributed by atoms with Gasteiger partial charge in [0, 0.05) is 32.4 Å². The number of benzene rings is 1. The smallest absolute Gasteiger partial charge is 0.295 e. The van der Waals surface area contributed by atoms with Gasteiger partial charge in [-0.25, -0.2) is 4.98 Å². The molecule has 1 aromatic carbocycles. The van der Waals surface area contributed by atoms with Gasteiger partial charge in [-0.05, 0) is 36.8 Å². The van der Waals surface area contributed by atoms with Crippen molar-refractivity contribution in [2.75, 3.05) is 46.5 Å². The molecule has 3 aromatic rings. The van der Waals surface area contributed by atoms with Crippen molar-refractivity contribution in [2.45, 2.75) is 13.0 Å². The summed E-state index contributed by atoms with van der Waals surface area (Å²) in [4.78, 5) is 34.9. The number of nitrogens with zero attached hydrogens (tertiary/aromatic N) is 4.